The predicted molar refractivity (Wildman–Crippen MR) is 71.1 cm³/mol. The second kappa shape index (κ2) is 11.4. The van der Waals surface area contributed by atoms with E-state index in [1.165, 1.54) is 57.8 Å². The standard InChI is InChI=1S/C14H31N.H2O/c1-5-8-11-14(15-4,12-9-6-2)13-10-7-3;/h15H,5-13H2,1-4H3;1H2. The van der Waals surface area contributed by atoms with Crippen molar-refractivity contribution < 1.29 is 10.8 Å². The zero-order chi connectivity index (χ0) is 11.6. The Morgan fingerprint density at radius 3 is 1.25 bits per heavy atom. The normalized spacial score (nSPS) is 11.2. The van der Waals surface area contributed by atoms with E-state index in [9.17, 15) is 0 Å². The molecule has 0 bridgehead atoms. The van der Waals surface area contributed by atoms with Gasteiger partial charge in [-0.2, -0.15) is 0 Å². The molecule has 16 heavy (non-hydrogen) atoms. The average Bonchev–Trinajstić information content (AvgIpc) is 2.29. The molecule has 0 saturated carbocycles. The lowest BCUT2D eigenvalue weighted by Crippen LogP contribution is -2.93. The van der Waals surface area contributed by atoms with Crippen molar-refractivity contribution in [2.75, 3.05) is 7.05 Å². The van der Waals surface area contributed by atoms with Gasteiger partial charge in [-0.25, -0.2) is 0 Å². The van der Waals surface area contributed by atoms with Crippen LogP contribution in [-0.4, -0.2) is 18.1 Å². The Labute approximate surface area is 103 Å². The highest BCUT2D eigenvalue weighted by Crippen LogP contribution is 2.23. The Morgan fingerprint density at radius 2 is 1.06 bits per heavy atom. The molecule has 2 nitrogen and oxygen atoms in total. The third-order valence-electron chi connectivity index (χ3n) is 3.70. The molecule has 0 aromatic heterocycles. The Hall–Kier alpha value is -0.0800. The first kappa shape index (κ1) is 18.3. The molecular formula is C14H33NO. The van der Waals surface area contributed by atoms with Gasteiger partial charge in [-0.05, 0) is 19.3 Å². The van der Waals surface area contributed by atoms with Gasteiger partial charge in [-0.3, -0.25) is 0 Å². The van der Waals surface area contributed by atoms with Crippen molar-refractivity contribution in [1.82, 2.24) is 0 Å². The number of hydrogen-bond donors (Lipinski definition) is 1. The number of rotatable bonds is 10. The lowest BCUT2D eigenvalue weighted by Gasteiger charge is -2.30. The van der Waals surface area contributed by atoms with E-state index in [1.807, 2.05) is 0 Å². The van der Waals surface area contributed by atoms with Gasteiger partial charge in [0.25, 0.3) is 0 Å². The molecule has 0 atom stereocenters. The Balaban J connectivity index is 0. The van der Waals surface area contributed by atoms with Crippen LogP contribution in [0.1, 0.15) is 78.6 Å². The summed E-state index contributed by atoms with van der Waals surface area (Å²) < 4.78 is 0. The summed E-state index contributed by atoms with van der Waals surface area (Å²) in [7, 11) is 2.28. The van der Waals surface area contributed by atoms with E-state index in [0.717, 1.165) is 0 Å². The van der Waals surface area contributed by atoms with Crippen LogP contribution in [0.15, 0.2) is 0 Å². The largest absolute Gasteiger partial charge is 0.870 e. The Kier molecular flexibility index (Phi) is 13.0. The van der Waals surface area contributed by atoms with Gasteiger partial charge in [0.1, 0.15) is 0 Å². The molecule has 0 aromatic carbocycles. The first-order chi connectivity index (χ1) is 7.24. The third-order valence-corrected chi connectivity index (χ3v) is 3.70. The minimum absolute atomic E-state index is 0. The van der Waals surface area contributed by atoms with Gasteiger partial charge in [0, 0.05) is 19.3 Å². The number of quaternary nitrogens is 1. The summed E-state index contributed by atoms with van der Waals surface area (Å²) in [6, 6.07) is 0. The van der Waals surface area contributed by atoms with Gasteiger partial charge < -0.3 is 10.8 Å². The van der Waals surface area contributed by atoms with E-state index in [1.54, 1.807) is 0 Å². The monoisotopic (exact) mass is 231 g/mol. The molecule has 100 valence electrons. The maximum absolute atomic E-state index is 2.51. The molecule has 0 fully saturated rings. The molecule has 0 aliphatic carbocycles. The van der Waals surface area contributed by atoms with Crippen molar-refractivity contribution in [2.24, 2.45) is 0 Å². The highest BCUT2D eigenvalue weighted by Gasteiger charge is 2.29. The van der Waals surface area contributed by atoms with Crippen molar-refractivity contribution in [3.63, 3.8) is 0 Å². The summed E-state index contributed by atoms with van der Waals surface area (Å²) in [6.45, 7) is 6.92. The van der Waals surface area contributed by atoms with Crippen molar-refractivity contribution in [1.29, 1.82) is 0 Å². The van der Waals surface area contributed by atoms with Crippen LogP contribution >= 0.6 is 0 Å². The van der Waals surface area contributed by atoms with Crippen molar-refractivity contribution in [3.8, 4) is 0 Å². The lowest BCUT2D eigenvalue weighted by atomic mass is 9.83. The summed E-state index contributed by atoms with van der Waals surface area (Å²) in [5.41, 5.74) is 0.571. The molecule has 3 N–H and O–H groups in total. The van der Waals surface area contributed by atoms with Crippen LogP contribution in [0.2, 0.25) is 0 Å². The molecule has 2 heteroatoms. The molecule has 0 saturated heterocycles. The van der Waals surface area contributed by atoms with E-state index >= 15 is 0 Å². The molecule has 0 spiro atoms. The minimum Gasteiger partial charge on any atom is -0.870 e. The molecule has 0 rings (SSSR count). The van der Waals surface area contributed by atoms with Crippen LogP contribution in [0.25, 0.3) is 0 Å². The number of nitrogens with two attached hydrogens (primary N) is 1. The van der Waals surface area contributed by atoms with E-state index in [2.05, 4.69) is 33.1 Å². The van der Waals surface area contributed by atoms with Crippen LogP contribution in [0.5, 0.6) is 0 Å². The third kappa shape index (κ3) is 7.24. The molecule has 0 aliphatic heterocycles. The molecule has 0 aliphatic rings. The van der Waals surface area contributed by atoms with Crippen LogP contribution in [0.3, 0.4) is 0 Å². The first-order valence-electron chi connectivity index (χ1n) is 7.05. The minimum atomic E-state index is 0. The van der Waals surface area contributed by atoms with Gasteiger partial charge in [0.05, 0.1) is 12.6 Å². The van der Waals surface area contributed by atoms with Gasteiger partial charge in [0.15, 0.2) is 0 Å². The van der Waals surface area contributed by atoms with E-state index < -0.39 is 0 Å². The maximum Gasteiger partial charge on any atom is 0.0959 e. The molecule has 0 aromatic rings. The lowest BCUT2D eigenvalue weighted by molar-refractivity contribution is -0.707. The summed E-state index contributed by atoms with van der Waals surface area (Å²) in [6.07, 6.45) is 12.5. The van der Waals surface area contributed by atoms with E-state index in [4.69, 9.17) is 0 Å². The SMILES string of the molecule is CCCCC(CCCC)(CCCC)[NH2+]C.[OH-]. The summed E-state index contributed by atoms with van der Waals surface area (Å²) in [4.78, 5) is 0. The molecular weight excluding hydrogens is 198 g/mol. The maximum atomic E-state index is 2.51. The average molecular weight is 231 g/mol. The highest BCUT2D eigenvalue weighted by atomic mass is 16.0. The second-order valence-corrected chi connectivity index (χ2v) is 4.96. The van der Waals surface area contributed by atoms with Gasteiger partial charge in [0.2, 0.25) is 0 Å². The summed E-state index contributed by atoms with van der Waals surface area (Å²) in [5, 5.41) is 2.51. The van der Waals surface area contributed by atoms with Gasteiger partial charge in [-0.1, -0.05) is 40.0 Å². The van der Waals surface area contributed by atoms with Crippen LogP contribution in [0, 0.1) is 0 Å². The van der Waals surface area contributed by atoms with Crippen molar-refractivity contribution in [3.05, 3.63) is 0 Å². The predicted octanol–water partition coefficient (Wildman–Crippen LogP) is 3.31. The van der Waals surface area contributed by atoms with Crippen LogP contribution in [0.4, 0.5) is 0 Å². The second-order valence-electron chi connectivity index (χ2n) is 4.96. The first-order valence-corrected chi connectivity index (χ1v) is 7.05. The molecule has 0 amide bonds. The van der Waals surface area contributed by atoms with Crippen LogP contribution in [-0.2, 0) is 0 Å². The van der Waals surface area contributed by atoms with Crippen LogP contribution < -0.4 is 5.32 Å². The Bertz CT molecular complexity index is 115. The zero-order valence-corrected chi connectivity index (χ0v) is 11.9. The fourth-order valence-corrected chi connectivity index (χ4v) is 2.39. The van der Waals surface area contributed by atoms with E-state index in [0.29, 0.717) is 5.54 Å². The Morgan fingerprint density at radius 1 is 0.750 bits per heavy atom. The van der Waals surface area contributed by atoms with Gasteiger partial charge in [-0.15, -0.1) is 0 Å². The highest BCUT2D eigenvalue weighted by molar-refractivity contribution is 4.77. The van der Waals surface area contributed by atoms with Crippen molar-refractivity contribution >= 4 is 0 Å². The molecule has 0 unspecified atom stereocenters. The number of unbranched alkanes of at least 4 members (excludes halogenated alkanes) is 3. The fraction of sp³-hybridized carbons (Fsp3) is 1.00. The topological polar surface area (TPSA) is 46.6 Å². The molecule has 0 radical (unpaired) electrons. The fourth-order valence-electron chi connectivity index (χ4n) is 2.39. The number of hydrogen-bond acceptors (Lipinski definition) is 1. The quantitative estimate of drug-likeness (QED) is 0.616. The van der Waals surface area contributed by atoms with Crippen molar-refractivity contribution in [2.45, 2.75) is 84.1 Å². The zero-order valence-electron chi connectivity index (χ0n) is 11.9. The van der Waals surface area contributed by atoms with Gasteiger partial charge >= 0.3 is 0 Å². The summed E-state index contributed by atoms with van der Waals surface area (Å²) >= 11 is 0. The van der Waals surface area contributed by atoms with E-state index in [-0.39, 0.29) is 5.48 Å². The molecule has 0 heterocycles. The summed E-state index contributed by atoms with van der Waals surface area (Å²) in [5.74, 6) is 0. The smallest absolute Gasteiger partial charge is 0.0959 e.